The van der Waals surface area contributed by atoms with E-state index in [1.807, 2.05) is 6.07 Å². The minimum Gasteiger partial charge on any atom is -0.493 e. The molecule has 2 aromatic rings. The SMILES string of the molecule is CC(C)(C)Cc1ccc2c(c1)[C@@H](NC[C@@H](O)[C@H](Cc1cccc(F)c1)NC(=O)O)CCO2. The number of carbonyl (C=O) groups is 1. The first kappa shape index (κ1) is 24.0. The summed E-state index contributed by atoms with van der Waals surface area (Å²) in [5, 5.41) is 25.7. The van der Waals surface area contributed by atoms with Crippen LogP contribution in [-0.2, 0) is 12.8 Å². The maximum Gasteiger partial charge on any atom is 0.404 e. The van der Waals surface area contributed by atoms with Crippen molar-refractivity contribution in [2.45, 2.75) is 58.2 Å². The largest absolute Gasteiger partial charge is 0.493 e. The summed E-state index contributed by atoms with van der Waals surface area (Å²) < 4.78 is 19.3. The molecule has 2 aromatic carbocycles. The minimum absolute atomic E-state index is 0.00651. The molecule has 1 aliphatic rings. The van der Waals surface area contributed by atoms with Crippen LogP contribution in [0.2, 0.25) is 0 Å². The summed E-state index contributed by atoms with van der Waals surface area (Å²) in [6.07, 6.45) is -0.340. The van der Waals surface area contributed by atoms with Crippen molar-refractivity contribution in [2.24, 2.45) is 5.41 Å². The smallest absolute Gasteiger partial charge is 0.404 e. The topological polar surface area (TPSA) is 90.8 Å². The summed E-state index contributed by atoms with van der Waals surface area (Å²) in [7, 11) is 0. The maximum atomic E-state index is 13.5. The van der Waals surface area contributed by atoms with Crippen LogP contribution in [0.25, 0.3) is 0 Å². The molecule has 4 N–H and O–H groups in total. The van der Waals surface area contributed by atoms with Crippen LogP contribution in [-0.4, -0.2) is 41.6 Å². The Morgan fingerprint density at radius 1 is 1.22 bits per heavy atom. The van der Waals surface area contributed by atoms with E-state index in [9.17, 15) is 19.4 Å². The van der Waals surface area contributed by atoms with Crippen LogP contribution in [0, 0.1) is 11.2 Å². The van der Waals surface area contributed by atoms with Gasteiger partial charge in [-0.3, -0.25) is 0 Å². The molecule has 0 aromatic heterocycles. The monoisotopic (exact) mass is 444 g/mol. The summed E-state index contributed by atoms with van der Waals surface area (Å²) in [6.45, 7) is 7.35. The van der Waals surface area contributed by atoms with Gasteiger partial charge in [-0.1, -0.05) is 45.0 Å². The van der Waals surface area contributed by atoms with Gasteiger partial charge in [0.1, 0.15) is 11.6 Å². The summed E-state index contributed by atoms with van der Waals surface area (Å²) in [4.78, 5) is 11.3. The quantitative estimate of drug-likeness (QED) is 0.493. The molecular formula is C25H33FN2O4. The Hall–Kier alpha value is -2.64. The second kappa shape index (κ2) is 10.3. The molecule has 1 aliphatic heterocycles. The lowest BCUT2D eigenvalue weighted by Gasteiger charge is -2.30. The van der Waals surface area contributed by atoms with Crippen LogP contribution in [0.4, 0.5) is 9.18 Å². The fraction of sp³-hybridized carbons (Fsp3) is 0.480. The first-order valence-corrected chi connectivity index (χ1v) is 11.0. The van der Waals surface area contributed by atoms with Gasteiger partial charge in [-0.05, 0) is 47.6 Å². The van der Waals surface area contributed by atoms with Crippen LogP contribution in [0.3, 0.4) is 0 Å². The van der Waals surface area contributed by atoms with E-state index in [4.69, 9.17) is 4.74 Å². The third-order valence-electron chi connectivity index (χ3n) is 5.54. The van der Waals surface area contributed by atoms with Crippen molar-refractivity contribution in [3.05, 3.63) is 65.0 Å². The molecule has 0 aliphatic carbocycles. The Kier molecular flexibility index (Phi) is 7.74. The minimum atomic E-state index is -1.23. The number of rotatable bonds is 8. The van der Waals surface area contributed by atoms with Crippen molar-refractivity contribution in [3.63, 3.8) is 0 Å². The number of carboxylic acid groups (broad SMARTS) is 1. The molecule has 1 heterocycles. The average molecular weight is 445 g/mol. The third kappa shape index (κ3) is 6.93. The fourth-order valence-electron chi connectivity index (χ4n) is 4.14. The standard InChI is InChI=1S/C25H33FN2O4/c1-25(2,3)14-17-7-8-23-19(12-17)20(9-10-32-23)27-15-22(29)21(28-24(30)31)13-16-5-4-6-18(26)11-16/h4-8,11-12,20-22,27-29H,9-10,13-15H2,1-3H3,(H,30,31)/t20-,21-,22+/m0/s1. The van der Waals surface area contributed by atoms with Gasteiger partial charge in [0.05, 0.1) is 18.8 Å². The van der Waals surface area contributed by atoms with E-state index in [1.165, 1.54) is 17.7 Å². The Morgan fingerprint density at radius 2 is 2.00 bits per heavy atom. The molecule has 0 spiro atoms. The molecule has 0 saturated carbocycles. The molecule has 3 rings (SSSR count). The Labute approximate surface area is 188 Å². The molecule has 0 saturated heterocycles. The first-order valence-electron chi connectivity index (χ1n) is 11.0. The van der Waals surface area contributed by atoms with Gasteiger partial charge in [-0.15, -0.1) is 0 Å². The number of halogens is 1. The molecule has 7 heteroatoms. The van der Waals surface area contributed by atoms with E-state index in [1.54, 1.807) is 12.1 Å². The van der Waals surface area contributed by atoms with Crippen molar-refractivity contribution in [1.82, 2.24) is 10.6 Å². The number of hydrogen-bond donors (Lipinski definition) is 4. The van der Waals surface area contributed by atoms with Crippen LogP contribution >= 0.6 is 0 Å². The second-order valence-corrected chi connectivity index (χ2v) is 9.66. The van der Waals surface area contributed by atoms with E-state index in [0.29, 0.717) is 12.2 Å². The van der Waals surface area contributed by atoms with Gasteiger partial charge in [-0.2, -0.15) is 0 Å². The number of hydrogen-bond acceptors (Lipinski definition) is 4. The normalized spacial score (nSPS) is 17.7. The summed E-state index contributed by atoms with van der Waals surface area (Å²) in [5.41, 5.74) is 3.06. The fourth-order valence-corrected chi connectivity index (χ4v) is 4.14. The highest BCUT2D eigenvalue weighted by atomic mass is 19.1. The predicted octanol–water partition coefficient (Wildman–Crippen LogP) is 4.07. The van der Waals surface area contributed by atoms with Gasteiger partial charge in [0.25, 0.3) is 0 Å². The van der Waals surface area contributed by atoms with Crippen LogP contribution in [0.15, 0.2) is 42.5 Å². The van der Waals surface area contributed by atoms with Gasteiger partial charge in [-0.25, -0.2) is 9.18 Å². The van der Waals surface area contributed by atoms with Crippen molar-refractivity contribution >= 4 is 6.09 Å². The molecule has 0 bridgehead atoms. The van der Waals surface area contributed by atoms with E-state index >= 15 is 0 Å². The van der Waals surface area contributed by atoms with Crippen molar-refractivity contribution in [1.29, 1.82) is 0 Å². The number of amides is 1. The Bertz CT molecular complexity index is 928. The lowest BCUT2D eigenvalue weighted by atomic mass is 9.86. The highest BCUT2D eigenvalue weighted by Crippen LogP contribution is 2.34. The van der Waals surface area contributed by atoms with Crippen LogP contribution < -0.4 is 15.4 Å². The zero-order chi connectivity index (χ0) is 23.3. The molecule has 32 heavy (non-hydrogen) atoms. The Balaban J connectivity index is 1.69. The Morgan fingerprint density at radius 3 is 2.69 bits per heavy atom. The highest BCUT2D eigenvalue weighted by Gasteiger charge is 2.26. The molecule has 3 atom stereocenters. The van der Waals surface area contributed by atoms with Gasteiger partial charge in [0.2, 0.25) is 0 Å². The van der Waals surface area contributed by atoms with E-state index < -0.39 is 24.1 Å². The molecule has 0 unspecified atom stereocenters. The molecule has 1 amide bonds. The van der Waals surface area contributed by atoms with E-state index in [-0.39, 0.29) is 24.4 Å². The van der Waals surface area contributed by atoms with Crippen LogP contribution in [0.1, 0.15) is 49.9 Å². The number of fused-ring (bicyclic) bond motifs is 1. The lowest BCUT2D eigenvalue weighted by Crippen LogP contribution is -2.49. The number of aliphatic hydroxyl groups excluding tert-OH is 1. The average Bonchev–Trinajstić information content (AvgIpc) is 2.70. The van der Waals surface area contributed by atoms with Gasteiger partial charge in [0, 0.05) is 24.6 Å². The van der Waals surface area contributed by atoms with Crippen molar-refractivity contribution in [3.8, 4) is 5.75 Å². The molecule has 0 radical (unpaired) electrons. The van der Waals surface area contributed by atoms with Crippen molar-refractivity contribution in [2.75, 3.05) is 13.2 Å². The molecule has 0 fully saturated rings. The summed E-state index contributed by atoms with van der Waals surface area (Å²) in [5.74, 6) is 0.440. The molecular weight excluding hydrogens is 411 g/mol. The zero-order valence-corrected chi connectivity index (χ0v) is 18.9. The number of ether oxygens (including phenoxy) is 1. The third-order valence-corrected chi connectivity index (χ3v) is 5.54. The van der Waals surface area contributed by atoms with Crippen LogP contribution in [0.5, 0.6) is 5.75 Å². The van der Waals surface area contributed by atoms with E-state index in [2.05, 4.69) is 43.5 Å². The van der Waals surface area contributed by atoms with Gasteiger partial charge < -0.3 is 25.6 Å². The van der Waals surface area contributed by atoms with Gasteiger partial charge in [0.15, 0.2) is 0 Å². The molecule has 6 nitrogen and oxygen atoms in total. The summed E-state index contributed by atoms with van der Waals surface area (Å²) in [6, 6.07) is 11.4. The van der Waals surface area contributed by atoms with E-state index in [0.717, 1.165) is 24.2 Å². The van der Waals surface area contributed by atoms with Crippen molar-refractivity contribution < 1.29 is 24.1 Å². The number of benzene rings is 2. The molecule has 174 valence electrons. The predicted molar refractivity (Wildman–Crippen MR) is 122 cm³/mol. The number of nitrogens with one attached hydrogen (secondary N) is 2. The lowest BCUT2D eigenvalue weighted by molar-refractivity contribution is 0.112. The number of aliphatic hydroxyl groups is 1. The first-order chi connectivity index (χ1) is 15.1. The second-order valence-electron chi connectivity index (χ2n) is 9.66. The summed E-state index contributed by atoms with van der Waals surface area (Å²) >= 11 is 0. The highest BCUT2D eigenvalue weighted by molar-refractivity contribution is 5.65. The maximum absolute atomic E-state index is 13.5. The zero-order valence-electron chi connectivity index (χ0n) is 18.9. The van der Waals surface area contributed by atoms with Gasteiger partial charge >= 0.3 is 6.09 Å².